The van der Waals surface area contributed by atoms with Crippen molar-refractivity contribution in [2.45, 2.75) is 52.4 Å². The zero-order valence-electron chi connectivity index (χ0n) is 11.9. The summed E-state index contributed by atoms with van der Waals surface area (Å²) in [5.41, 5.74) is -0.173. The van der Waals surface area contributed by atoms with Crippen molar-refractivity contribution in [1.29, 1.82) is 5.26 Å². The standard InChI is InChI=1S/C15H28N2O/c1-15(2,12-16)8-3-4-9-17-10-13-6-5-7-14(13)11-18/h13-14,17-18H,3-11H2,1-2H3. The van der Waals surface area contributed by atoms with Crippen molar-refractivity contribution in [3.05, 3.63) is 0 Å². The predicted octanol–water partition coefficient (Wildman–Crippen LogP) is 2.70. The van der Waals surface area contributed by atoms with Crippen molar-refractivity contribution in [1.82, 2.24) is 5.32 Å². The van der Waals surface area contributed by atoms with Crippen LogP contribution >= 0.6 is 0 Å². The second-order valence-corrected chi connectivity index (χ2v) is 6.29. The number of nitrogens with zero attached hydrogens (tertiary/aromatic N) is 1. The van der Waals surface area contributed by atoms with Crippen molar-refractivity contribution in [2.24, 2.45) is 17.3 Å². The van der Waals surface area contributed by atoms with Crippen LogP contribution in [0.3, 0.4) is 0 Å². The van der Waals surface area contributed by atoms with Gasteiger partial charge >= 0.3 is 0 Å². The van der Waals surface area contributed by atoms with E-state index in [4.69, 9.17) is 5.26 Å². The smallest absolute Gasteiger partial charge is 0.0683 e. The van der Waals surface area contributed by atoms with E-state index in [9.17, 15) is 5.11 Å². The number of hydrogen-bond acceptors (Lipinski definition) is 3. The molecule has 0 aromatic heterocycles. The number of unbranched alkanes of at least 4 members (excludes halogenated alkanes) is 1. The van der Waals surface area contributed by atoms with Crippen molar-refractivity contribution >= 4 is 0 Å². The van der Waals surface area contributed by atoms with Gasteiger partial charge in [-0.25, -0.2) is 0 Å². The molecule has 2 atom stereocenters. The van der Waals surface area contributed by atoms with Gasteiger partial charge in [0.25, 0.3) is 0 Å². The summed E-state index contributed by atoms with van der Waals surface area (Å²) in [5.74, 6) is 1.19. The first kappa shape index (κ1) is 15.5. The van der Waals surface area contributed by atoms with Gasteiger partial charge in [0, 0.05) is 6.61 Å². The number of hydrogen-bond donors (Lipinski definition) is 2. The van der Waals surface area contributed by atoms with Gasteiger partial charge in [-0.15, -0.1) is 0 Å². The summed E-state index contributed by atoms with van der Waals surface area (Å²) in [6.07, 6.45) is 6.96. The Labute approximate surface area is 112 Å². The molecule has 2 N–H and O–H groups in total. The van der Waals surface area contributed by atoms with E-state index in [-0.39, 0.29) is 5.41 Å². The number of nitriles is 1. The van der Waals surface area contributed by atoms with Gasteiger partial charge in [-0.2, -0.15) is 5.26 Å². The molecule has 0 amide bonds. The lowest BCUT2D eigenvalue weighted by molar-refractivity contribution is 0.192. The van der Waals surface area contributed by atoms with Gasteiger partial charge in [0.15, 0.2) is 0 Å². The highest BCUT2D eigenvalue weighted by molar-refractivity contribution is 4.91. The Bertz CT molecular complexity index is 270. The molecule has 0 saturated heterocycles. The highest BCUT2D eigenvalue weighted by atomic mass is 16.3. The maximum atomic E-state index is 9.24. The van der Waals surface area contributed by atoms with E-state index < -0.39 is 0 Å². The Morgan fingerprint density at radius 2 is 2.00 bits per heavy atom. The summed E-state index contributed by atoms with van der Waals surface area (Å²) in [6, 6.07) is 2.34. The van der Waals surface area contributed by atoms with Crippen LogP contribution in [0.4, 0.5) is 0 Å². The summed E-state index contributed by atoms with van der Waals surface area (Å²) in [5, 5.41) is 21.6. The topological polar surface area (TPSA) is 56.0 Å². The van der Waals surface area contributed by atoms with Gasteiger partial charge in [-0.3, -0.25) is 0 Å². The minimum Gasteiger partial charge on any atom is -0.396 e. The van der Waals surface area contributed by atoms with E-state index in [0.29, 0.717) is 18.4 Å². The zero-order valence-corrected chi connectivity index (χ0v) is 11.9. The number of nitrogens with one attached hydrogen (secondary N) is 1. The number of aliphatic hydroxyl groups excluding tert-OH is 1. The van der Waals surface area contributed by atoms with Gasteiger partial charge in [0.05, 0.1) is 11.5 Å². The molecular formula is C15H28N2O. The summed E-state index contributed by atoms with van der Waals surface area (Å²) in [4.78, 5) is 0. The van der Waals surface area contributed by atoms with Crippen LogP contribution in [0.25, 0.3) is 0 Å². The second kappa shape index (κ2) is 7.76. The van der Waals surface area contributed by atoms with Crippen LogP contribution < -0.4 is 5.32 Å². The van der Waals surface area contributed by atoms with Crippen LogP contribution in [0.1, 0.15) is 52.4 Å². The lowest BCUT2D eigenvalue weighted by atomic mass is 9.89. The third kappa shape index (κ3) is 5.37. The minimum atomic E-state index is -0.173. The van der Waals surface area contributed by atoms with E-state index in [0.717, 1.165) is 32.4 Å². The Morgan fingerprint density at radius 3 is 2.67 bits per heavy atom. The fraction of sp³-hybridized carbons (Fsp3) is 0.933. The molecule has 0 aromatic rings. The molecule has 0 spiro atoms. The number of rotatable bonds is 8. The zero-order chi connectivity index (χ0) is 13.4. The first-order valence-electron chi connectivity index (χ1n) is 7.32. The third-order valence-electron chi connectivity index (χ3n) is 4.17. The first-order chi connectivity index (χ1) is 8.59. The average Bonchev–Trinajstić information content (AvgIpc) is 2.81. The Hall–Kier alpha value is -0.590. The number of aliphatic hydroxyl groups is 1. The molecule has 0 bridgehead atoms. The van der Waals surface area contributed by atoms with E-state index in [1.165, 1.54) is 19.3 Å². The maximum absolute atomic E-state index is 9.24. The minimum absolute atomic E-state index is 0.173. The van der Waals surface area contributed by atoms with Crippen LogP contribution in [0.15, 0.2) is 0 Å². The van der Waals surface area contributed by atoms with Gasteiger partial charge in [-0.05, 0) is 64.5 Å². The lowest BCUT2D eigenvalue weighted by Crippen LogP contribution is -2.27. The second-order valence-electron chi connectivity index (χ2n) is 6.29. The van der Waals surface area contributed by atoms with Gasteiger partial charge in [0.1, 0.15) is 0 Å². The highest BCUT2D eigenvalue weighted by Gasteiger charge is 2.25. The largest absolute Gasteiger partial charge is 0.396 e. The first-order valence-corrected chi connectivity index (χ1v) is 7.32. The normalized spacial score (nSPS) is 24.1. The Kier molecular flexibility index (Phi) is 6.67. The van der Waals surface area contributed by atoms with Crippen molar-refractivity contribution < 1.29 is 5.11 Å². The highest BCUT2D eigenvalue weighted by Crippen LogP contribution is 2.30. The molecule has 1 saturated carbocycles. The van der Waals surface area contributed by atoms with E-state index in [2.05, 4.69) is 11.4 Å². The molecule has 3 heteroatoms. The molecule has 0 heterocycles. The molecule has 0 radical (unpaired) electrons. The fourth-order valence-corrected chi connectivity index (χ4v) is 2.78. The predicted molar refractivity (Wildman–Crippen MR) is 74.0 cm³/mol. The van der Waals surface area contributed by atoms with E-state index in [1.807, 2.05) is 13.8 Å². The summed E-state index contributed by atoms with van der Waals surface area (Å²) >= 11 is 0. The summed E-state index contributed by atoms with van der Waals surface area (Å²) < 4.78 is 0. The molecule has 1 fully saturated rings. The monoisotopic (exact) mass is 252 g/mol. The SMILES string of the molecule is CC(C)(C#N)CCCCNCC1CCCC1CO. The molecule has 2 unspecified atom stereocenters. The molecular weight excluding hydrogens is 224 g/mol. The molecule has 18 heavy (non-hydrogen) atoms. The van der Waals surface area contributed by atoms with Gasteiger partial charge < -0.3 is 10.4 Å². The van der Waals surface area contributed by atoms with Gasteiger partial charge in [0.2, 0.25) is 0 Å². The van der Waals surface area contributed by atoms with Crippen molar-refractivity contribution in [2.75, 3.05) is 19.7 Å². The molecule has 1 aliphatic carbocycles. The molecule has 104 valence electrons. The summed E-state index contributed by atoms with van der Waals surface area (Å²) in [7, 11) is 0. The van der Waals surface area contributed by atoms with Crippen LogP contribution in [0.2, 0.25) is 0 Å². The Morgan fingerprint density at radius 1 is 1.28 bits per heavy atom. The molecule has 0 aliphatic heterocycles. The van der Waals surface area contributed by atoms with Crippen molar-refractivity contribution in [3.63, 3.8) is 0 Å². The summed E-state index contributed by atoms with van der Waals surface area (Å²) in [6.45, 7) is 6.45. The van der Waals surface area contributed by atoms with Crippen LogP contribution in [0, 0.1) is 28.6 Å². The molecule has 0 aromatic carbocycles. The van der Waals surface area contributed by atoms with E-state index >= 15 is 0 Å². The molecule has 1 aliphatic rings. The average molecular weight is 252 g/mol. The lowest BCUT2D eigenvalue weighted by Gasteiger charge is -2.18. The van der Waals surface area contributed by atoms with Crippen LogP contribution in [0.5, 0.6) is 0 Å². The van der Waals surface area contributed by atoms with Crippen LogP contribution in [-0.2, 0) is 0 Å². The quantitative estimate of drug-likeness (QED) is 0.653. The van der Waals surface area contributed by atoms with Crippen molar-refractivity contribution in [3.8, 4) is 6.07 Å². The fourth-order valence-electron chi connectivity index (χ4n) is 2.78. The maximum Gasteiger partial charge on any atom is 0.0683 e. The molecule has 1 rings (SSSR count). The van der Waals surface area contributed by atoms with Crippen LogP contribution in [-0.4, -0.2) is 24.8 Å². The van der Waals surface area contributed by atoms with E-state index in [1.54, 1.807) is 0 Å². The third-order valence-corrected chi connectivity index (χ3v) is 4.17. The molecule has 3 nitrogen and oxygen atoms in total. The van der Waals surface area contributed by atoms with Gasteiger partial charge in [-0.1, -0.05) is 12.8 Å². The Balaban J connectivity index is 2.01.